The molecule has 0 amide bonds. The standard InChI is InChI=1S/C10H9BrO2/c1-13-9-5-2-8(3-6-9)4-7-10(11)12/h2-7H,1H3. The largest absolute Gasteiger partial charge is 0.497 e. The molecule has 0 atom stereocenters. The van der Waals surface area contributed by atoms with Crippen LogP contribution in [0, 0.1) is 0 Å². The zero-order valence-corrected chi connectivity index (χ0v) is 8.74. The van der Waals surface area contributed by atoms with Crippen molar-refractivity contribution in [3.8, 4) is 5.75 Å². The minimum absolute atomic E-state index is 0.136. The first-order valence-corrected chi connectivity index (χ1v) is 4.53. The molecule has 68 valence electrons. The molecule has 1 aromatic rings. The number of carbonyl (C=O) groups excluding carboxylic acids is 1. The highest BCUT2D eigenvalue weighted by atomic mass is 79.9. The molecule has 0 radical (unpaired) electrons. The van der Waals surface area contributed by atoms with Crippen molar-refractivity contribution in [3.63, 3.8) is 0 Å². The van der Waals surface area contributed by atoms with Crippen molar-refractivity contribution in [1.29, 1.82) is 0 Å². The van der Waals surface area contributed by atoms with Gasteiger partial charge in [-0.05, 0) is 39.7 Å². The van der Waals surface area contributed by atoms with Crippen LogP contribution in [0.4, 0.5) is 0 Å². The van der Waals surface area contributed by atoms with Crippen molar-refractivity contribution >= 4 is 26.7 Å². The molecule has 3 heteroatoms. The molecular weight excluding hydrogens is 232 g/mol. The van der Waals surface area contributed by atoms with E-state index in [0.29, 0.717) is 0 Å². The number of allylic oxidation sites excluding steroid dienone is 1. The number of rotatable bonds is 3. The van der Waals surface area contributed by atoms with E-state index in [0.717, 1.165) is 11.3 Å². The highest BCUT2D eigenvalue weighted by molar-refractivity contribution is 9.18. The van der Waals surface area contributed by atoms with E-state index in [2.05, 4.69) is 15.9 Å². The first-order chi connectivity index (χ1) is 6.22. The predicted molar refractivity (Wildman–Crippen MR) is 56.0 cm³/mol. The fourth-order valence-electron chi connectivity index (χ4n) is 0.877. The normalized spacial score (nSPS) is 10.3. The van der Waals surface area contributed by atoms with Crippen LogP contribution < -0.4 is 4.74 Å². The van der Waals surface area contributed by atoms with Crippen LogP contribution in [0.2, 0.25) is 0 Å². The first kappa shape index (κ1) is 9.99. The molecule has 0 aliphatic rings. The molecule has 0 aliphatic carbocycles. The van der Waals surface area contributed by atoms with Gasteiger partial charge in [0.25, 0.3) is 0 Å². The summed E-state index contributed by atoms with van der Waals surface area (Å²) in [6.07, 6.45) is 3.19. The Hall–Kier alpha value is -1.09. The Morgan fingerprint density at radius 2 is 2.00 bits per heavy atom. The lowest BCUT2D eigenvalue weighted by Gasteiger charge is -1.98. The van der Waals surface area contributed by atoms with Gasteiger partial charge in [-0.1, -0.05) is 18.2 Å². The maximum atomic E-state index is 10.5. The Kier molecular flexibility index (Phi) is 3.71. The molecule has 0 saturated carbocycles. The van der Waals surface area contributed by atoms with E-state index in [1.54, 1.807) is 13.2 Å². The van der Waals surface area contributed by atoms with Gasteiger partial charge in [0.15, 0.2) is 0 Å². The minimum Gasteiger partial charge on any atom is -0.497 e. The van der Waals surface area contributed by atoms with Crippen molar-refractivity contribution < 1.29 is 9.53 Å². The average molecular weight is 241 g/mol. The molecule has 2 nitrogen and oxygen atoms in total. The van der Waals surface area contributed by atoms with Gasteiger partial charge in [-0.25, -0.2) is 0 Å². The number of halogens is 1. The van der Waals surface area contributed by atoms with Gasteiger partial charge >= 0.3 is 0 Å². The van der Waals surface area contributed by atoms with Crippen LogP contribution in [0.1, 0.15) is 5.56 Å². The van der Waals surface area contributed by atoms with Gasteiger partial charge in [0.2, 0.25) is 4.69 Å². The number of methoxy groups -OCH3 is 1. The van der Waals surface area contributed by atoms with Crippen molar-refractivity contribution in [3.05, 3.63) is 35.9 Å². The summed E-state index contributed by atoms with van der Waals surface area (Å²) in [5.74, 6) is 0.808. The van der Waals surface area contributed by atoms with Crippen molar-refractivity contribution in [2.45, 2.75) is 0 Å². The van der Waals surface area contributed by atoms with E-state index in [-0.39, 0.29) is 4.69 Å². The Morgan fingerprint density at radius 3 is 2.46 bits per heavy atom. The van der Waals surface area contributed by atoms with Gasteiger partial charge in [0.05, 0.1) is 7.11 Å². The molecule has 0 unspecified atom stereocenters. The van der Waals surface area contributed by atoms with E-state index in [1.807, 2.05) is 24.3 Å². The Bertz CT molecular complexity index is 314. The van der Waals surface area contributed by atoms with Crippen LogP contribution in [0.25, 0.3) is 6.08 Å². The summed E-state index contributed by atoms with van der Waals surface area (Å²) in [6.45, 7) is 0. The predicted octanol–water partition coefficient (Wildman–Crippen LogP) is 2.63. The lowest BCUT2D eigenvalue weighted by molar-refractivity contribution is -0.106. The summed E-state index contributed by atoms with van der Waals surface area (Å²) in [5.41, 5.74) is 0.966. The van der Waals surface area contributed by atoms with Crippen molar-refractivity contribution in [2.24, 2.45) is 0 Å². The average Bonchev–Trinajstić information content (AvgIpc) is 2.15. The van der Waals surface area contributed by atoms with Crippen LogP contribution in [0.5, 0.6) is 5.75 Å². The van der Waals surface area contributed by atoms with Crippen LogP contribution >= 0.6 is 15.9 Å². The third-order valence-corrected chi connectivity index (χ3v) is 1.79. The second-order valence-electron chi connectivity index (χ2n) is 2.41. The number of hydrogen-bond donors (Lipinski definition) is 0. The van der Waals surface area contributed by atoms with Crippen LogP contribution in [0.3, 0.4) is 0 Å². The highest BCUT2D eigenvalue weighted by Crippen LogP contribution is 2.12. The molecule has 0 aliphatic heterocycles. The monoisotopic (exact) mass is 240 g/mol. The number of hydrogen-bond acceptors (Lipinski definition) is 2. The summed E-state index contributed by atoms with van der Waals surface area (Å²) >= 11 is 2.81. The van der Waals surface area contributed by atoms with Crippen LogP contribution in [-0.2, 0) is 4.79 Å². The molecule has 0 aromatic heterocycles. The molecule has 0 bridgehead atoms. The summed E-state index contributed by atoms with van der Waals surface area (Å²) in [5, 5.41) is 0. The zero-order valence-electron chi connectivity index (χ0n) is 7.16. The molecule has 0 fully saturated rings. The second-order valence-corrected chi connectivity index (χ2v) is 3.19. The topological polar surface area (TPSA) is 26.3 Å². The highest BCUT2D eigenvalue weighted by Gasteiger charge is 1.90. The van der Waals surface area contributed by atoms with Crippen LogP contribution in [-0.4, -0.2) is 11.8 Å². The molecule has 13 heavy (non-hydrogen) atoms. The minimum atomic E-state index is -0.136. The lowest BCUT2D eigenvalue weighted by Crippen LogP contribution is -1.81. The SMILES string of the molecule is COc1ccc(C=CC(=O)Br)cc1. The van der Waals surface area contributed by atoms with Gasteiger partial charge in [-0.3, -0.25) is 4.79 Å². The molecular formula is C10H9BrO2. The summed E-state index contributed by atoms with van der Waals surface area (Å²) in [6, 6.07) is 7.45. The summed E-state index contributed by atoms with van der Waals surface area (Å²) in [7, 11) is 1.62. The van der Waals surface area contributed by atoms with Crippen molar-refractivity contribution in [1.82, 2.24) is 0 Å². The fourth-order valence-corrected chi connectivity index (χ4v) is 1.01. The molecule has 1 rings (SSSR count). The van der Waals surface area contributed by atoms with Gasteiger partial charge in [0.1, 0.15) is 5.75 Å². The Morgan fingerprint density at radius 1 is 1.38 bits per heavy atom. The maximum Gasteiger partial charge on any atom is 0.220 e. The second kappa shape index (κ2) is 4.82. The number of carbonyl (C=O) groups is 1. The molecule has 0 saturated heterocycles. The summed E-state index contributed by atoms with van der Waals surface area (Å²) in [4.78, 5) is 10.5. The molecule has 1 aromatic carbocycles. The number of benzene rings is 1. The lowest BCUT2D eigenvalue weighted by atomic mass is 10.2. The van der Waals surface area contributed by atoms with Gasteiger partial charge < -0.3 is 4.74 Å². The third-order valence-electron chi connectivity index (χ3n) is 1.52. The molecule has 0 N–H and O–H groups in total. The maximum absolute atomic E-state index is 10.5. The first-order valence-electron chi connectivity index (χ1n) is 3.74. The third kappa shape index (κ3) is 3.42. The smallest absolute Gasteiger partial charge is 0.220 e. The van der Waals surface area contributed by atoms with E-state index in [4.69, 9.17) is 4.74 Å². The molecule has 0 spiro atoms. The quantitative estimate of drug-likeness (QED) is 0.600. The Balaban J connectivity index is 2.75. The summed E-state index contributed by atoms with van der Waals surface area (Å²) < 4.78 is 4.86. The van der Waals surface area contributed by atoms with Crippen molar-refractivity contribution in [2.75, 3.05) is 7.11 Å². The number of ether oxygens (including phenoxy) is 1. The van der Waals surface area contributed by atoms with Gasteiger partial charge in [0, 0.05) is 0 Å². The molecule has 0 heterocycles. The van der Waals surface area contributed by atoms with E-state index < -0.39 is 0 Å². The van der Waals surface area contributed by atoms with Crippen LogP contribution in [0.15, 0.2) is 30.3 Å². The fraction of sp³-hybridized carbons (Fsp3) is 0.100. The van der Waals surface area contributed by atoms with Gasteiger partial charge in [-0.15, -0.1) is 0 Å². The van der Waals surface area contributed by atoms with E-state index in [1.165, 1.54) is 6.08 Å². The Labute approximate surface area is 85.3 Å². The van der Waals surface area contributed by atoms with Gasteiger partial charge in [-0.2, -0.15) is 0 Å². The van der Waals surface area contributed by atoms with E-state index >= 15 is 0 Å². The van der Waals surface area contributed by atoms with E-state index in [9.17, 15) is 4.79 Å². The zero-order chi connectivity index (χ0) is 9.68.